The van der Waals surface area contributed by atoms with E-state index in [0.29, 0.717) is 6.42 Å². The second kappa shape index (κ2) is 6.02. The highest BCUT2D eigenvalue weighted by atomic mass is 32.2. The molecule has 2 aromatic carbocycles. The standard InChI is InChI=1S/C16H18O2S/c1-2-19(17,18)16(15-11-7-4-8-12-15)13-14-9-5-3-6-10-14/h3-12,16H,2,13H2,1H3. The quantitative estimate of drug-likeness (QED) is 0.837. The van der Waals surface area contributed by atoms with Crippen LogP contribution in [0.1, 0.15) is 23.3 Å². The summed E-state index contributed by atoms with van der Waals surface area (Å²) in [6.45, 7) is 1.70. The fraction of sp³-hybridized carbons (Fsp3) is 0.250. The van der Waals surface area contributed by atoms with Crippen molar-refractivity contribution < 1.29 is 8.42 Å². The van der Waals surface area contributed by atoms with E-state index in [9.17, 15) is 8.42 Å². The van der Waals surface area contributed by atoms with E-state index in [-0.39, 0.29) is 5.75 Å². The Bertz CT molecular complexity index is 604. The first-order valence-electron chi connectivity index (χ1n) is 6.44. The average Bonchev–Trinajstić information content (AvgIpc) is 2.46. The molecule has 19 heavy (non-hydrogen) atoms. The van der Waals surface area contributed by atoms with Crippen molar-refractivity contribution in [3.05, 3.63) is 71.8 Å². The van der Waals surface area contributed by atoms with Gasteiger partial charge in [0.1, 0.15) is 0 Å². The van der Waals surface area contributed by atoms with Crippen molar-refractivity contribution in [2.24, 2.45) is 0 Å². The SMILES string of the molecule is CCS(=O)(=O)C(Cc1ccccc1)c1ccccc1. The summed E-state index contributed by atoms with van der Waals surface area (Å²) in [5.41, 5.74) is 1.92. The van der Waals surface area contributed by atoms with Gasteiger partial charge in [-0.3, -0.25) is 0 Å². The molecule has 1 atom stereocenters. The van der Waals surface area contributed by atoms with E-state index >= 15 is 0 Å². The Labute approximate surface area is 115 Å². The Hall–Kier alpha value is -1.61. The molecule has 0 spiro atoms. The van der Waals surface area contributed by atoms with E-state index in [0.717, 1.165) is 11.1 Å². The van der Waals surface area contributed by atoms with Gasteiger partial charge < -0.3 is 0 Å². The molecule has 0 N–H and O–H groups in total. The highest BCUT2D eigenvalue weighted by molar-refractivity contribution is 7.91. The van der Waals surface area contributed by atoms with Gasteiger partial charge in [0, 0.05) is 5.75 Å². The van der Waals surface area contributed by atoms with E-state index in [4.69, 9.17) is 0 Å². The summed E-state index contributed by atoms with van der Waals surface area (Å²) in [6, 6.07) is 19.2. The first kappa shape index (κ1) is 13.8. The lowest BCUT2D eigenvalue weighted by Crippen LogP contribution is -2.17. The van der Waals surface area contributed by atoms with Crippen LogP contribution in [0.3, 0.4) is 0 Å². The van der Waals surface area contributed by atoms with Gasteiger partial charge in [0.05, 0.1) is 5.25 Å². The van der Waals surface area contributed by atoms with Crippen LogP contribution in [0.4, 0.5) is 0 Å². The molecule has 1 unspecified atom stereocenters. The topological polar surface area (TPSA) is 34.1 Å². The molecule has 0 fully saturated rings. The molecule has 0 amide bonds. The molecule has 2 nitrogen and oxygen atoms in total. The van der Waals surface area contributed by atoms with Gasteiger partial charge >= 0.3 is 0 Å². The van der Waals surface area contributed by atoms with Crippen molar-refractivity contribution >= 4 is 9.84 Å². The summed E-state index contributed by atoms with van der Waals surface area (Å²) < 4.78 is 24.6. The van der Waals surface area contributed by atoms with Gasteiger partial charge in [-0.05, 0) is 17.5 Å². The molecular weight excluding hydrogens is 256 g/mol. The number of sulfone groups is 1. The van der Waals surface area contributed by atoms with Crippen LogP contribution >= 0.6 is 0 Å². The van der Waals surface area contributed by atoms with Crippen molar-refractivity contribution in [3.8, 4) is 0 Å². The van der Waals surface area contributed by atoms with Crippen LogP contribution in [0.2, 0.25) is 0 Å². The van der Waals surface area contributed by atoms with Gasteiger partial charge in [0.25, 0.3) is 0 Å². The fourth-order valence-corrected chi connectivity index (χ4v) is 3.57. The van der Waals surface area contributed by atoms with Crippen molar-refractivity contribution in [2.75, 3.05) is 5.75 Å². The lowest BCUT2D eigenvalue weighted by Gasteiger charge is -2.17. The first-order valence-corrected chi connectivity index (χ1v) is 8.15. The van der Waals surface area contributed by atoms with Gasteiger partial charge in [-0.15, -0.1) is 0 Å². The zero-order valence-electron chi connectivity index (χ0n) is 11.0. The van der Waals surface area contributed by atoms with Crippen molar-refractivity contribution in [2.45, 2.75) is 18.6 Å². The lowest BCUT2D eigenvalue weighted by atomic mass is 10.0. The molecule has 3 heteroatoms. The van der Waals surface area contributed by atoms with Crippen molar-refractivity contribution in [3.63, 3.8) is 0 Å². The molecule has 0 radical (unpaired) electrons. The Morgan fingerprint density at radius 1 is 0.895 bits per heavy atom. The van der Waals surface area contributed by atoms with Crippen LogP contribution in [0.25, 0.3) is 0 Å². The normalized spacial score (nSPS) is 13.1. The number of hydrogen-bond donors (Lipinski definition) is 0. The van der Waals surface area contributed by atoms with Crippen LogP contribution in [-0.4, -0.2) is 14.2 Å². The van der Waals surface area contributed by atoms with E-state index in [1.54, 1.807) is 6.92 Å². The Morgan fingerprint density at radius 2 is 1.42 bits per heavy atom. The van der Waals surface area contributed by atoms with Crippen molar-refractivity contribution in [1.82, 2.24) is 0 Å². The Kier molecular flexibility index (Phi) is 4.38. The molecule has 0 aliphatic rings. The third kappa shape index (κ3) is 3.44. The molecule has 100 valence electrons. The Balaban J connectivity index is 2.36. The number of benzene rings is 2. The van der Waals surface area contributed by atoms with Gasteiger partial charge in [-0.25, -0.2) is 8.42 Å². The monoisotopic (exact) mass is 274 g/mol. The van der Waals surface area contributed by atoms with E-state index in [1.807, 2.05) is 60.7 Å². The zero-order valence-corrected chi connectivity index (χ0v) is 11.8. The maximum Gasteiger partial charge on any atom is 0.157 e. The van der Waals surface area contributed by atoms with Crippen molar-refractivity contribution in [1.29, 1.82) is 0 Å². The van der Waals surface area contributed by atoms with Crippen LogP contribution in [0.5, 0.6) is 0 Å². The number of rotatable bonds is 5. The highest BCUT2D eigenvalue weighted by Crippen LogP contribution is 2.27. The molecule has 0 aromatic heterocycles. The summed E-state index contributed by atoms with van der Waals surface area (Å²) in [7, 11) is -3.11. The summed E-state index contributed by atoms with van der Waals surface area (Å²) in [5, 5.41) is -0.457. The fourth-order valence-electron chi connectivity index (χ4n) is 2.15. The van der Waals surface area contributed by atoms with E-state index in [2.05, 4.69) is 0 Å². The van der Waals surface area contributed by atoms with Crippen LogP contribution in [-0.2, 0) is 16.3 Å². The lowest BCUT2D eigenvalue weighted by molar-refractivity contribution is 0.582. The summed E-state index contributed by atoms with van der Waals surface area (Å²) in [5.74, 6) is 0.166. The predicted octanol–water partition coefficient (Wildman–Crippen LogP) is 3.41. The van der Waals surface area contributed by atoms with E-state index in [1.165, 1.54) is 0 Å². The average molecular weight is 274 g/mol. The van der Waals surface area contributed by atoms with Crippen LogP contribution < -0.4 is 0 Å². The zero-order chi connectivity index (χ0) is 13.7. The smallest absolute Gasteiger partial charge is 0.157 e. The second-order valence-corrected chi connectivity index (χ2v) is 7.01. The second-order valence-electron chi connectivity index (χ2n) is 4.54. The third-order valence-corrected chi connectivity index (χ3v) is 5.38. The highest BCUT2D eigenvalue weighted by Gasteiger charge is 2.25. The van der Waals surface area contributed by atoms with Gasteiger partial charge in [0.2, 0.25) is 0 Å². The van der Waals surface area contributed by atoms with Crippen LogP contribution in [0, 0.1) is 0 Å². The van der Waals surface area contributed by atoms with Gasteiger partial charge in [-0.1, -0.05) is 67.6 Å². The maximum atomic E-state index is 12.3. The molecule has 0 aliphatic heterocycles. The van der Waals surface area contributed by atoms with Crippen LogP contribution in [0.15, 0.2) is 60.7 Å². The maximum absolute atomic E-state index is 12.3. The summed E-state index contributed by atoms with van der Waals surface area (Å²) >= 11 is 0. The minimum Gasteiger partial charge on any atom is -0.228 e. The third-order valence-electron chi connectivity index (χ3n) is 3.27. The number of hydrogen-bond acceptors (Lipinski definition) is 2. The largest absolute Gasteiger partial charge is 0.228 e. The van der Waals surface area contributed by atoms with E-state index < -0.39 is 15.1 Å². The minimum absolute atomic E-state index is 0.166. The predicted molar refractivity (Wildman–Crippen MR) is 78.8 cm³/mol. The summed E-state index contributed by atoms with van der Waals surface area (Å²) in [4.78, 5) is 0. The molecule has 0 bridgehead atoms. The first-order chi connectivity index (χ1) is 9.13. The Morgan fingerprint density at radius 3 is 1.95 bits per heavy atom. The molecule has 0 aliphatic carbocycles. The molecule has 0 saturated heterocycles. The van der Waals surface area contributed by atoms with Gasteiger partial charge in [0.15, 0.2) is 9.84 Å². The molecule has 2 aromatic rings. The molecule has 0 saturated carbocycles. The minimum atomic E-state index is -3.11. The molecule has 0 heterocycles. The van der Waals surface area contributed by atoms with Gasteiger partial charge in [-0.2, -0.15) is 0 Å². The molecular formula is C16H18O2S. The summed E-state index contributed by atoms with van der Waals surface area (Å²) in [6.07, 6.45) is 0.529. The molecule has 2 rings (SSSR count).